The highest BCUT2D eigenvalue weighted by Crippen LogP contribution is 2.34. The molecule has 0 unspecified atom stereocenters. The minimum atomic E-state index is -0.428. The second-order valence-corrected chi connectivity index (χ2v) is 6.35. The number of anilines is 1. The fourth-order valence-corrected chi connectivity index (χ4v) is 2.79. The SMILES string of the molecule is COCCOC1=CC(=O)C(Nc2ncnc3cc(OCCOC)c(OC)cc23)=CC1=O. The molecule has 0 saturated heterocycles. The molecule has 1 aromatic carbocycles. The molecule has 0 atom stereocenters. The van der Waals surface area contributed by atoms with Crippen LogP contribution in [0.3, 0.4) is 0 Å². The number of carbonyl (C=O) groups is 2. The van der Waals surface area contributed by atoms with Crippen LogP contribution in [0, 0.1) is 0 Å². The van der Waals surface area contributed by atoms with Gasteiger partial charge in [0.1, 0.15) is 25.4 Å². The van der Waals surface area contributed by atoms with Crippen LogP contribution >= 0.6 is 0 Å². The number of methoxy groups -OCH3 is 3. The van der Waals surface area contributed by atoms with Gasteiger partial charge in [-0.2, -0.15) is 0 Å². The van der Waals surface area contributed by atoms with Gasteiger partial charge in [0, 0.05) is 37.8 Å². The van der Waals surface area contributed by atoms with E-state index in [-0.39, 0.29) is 18.1 Å². The number of benzene rings is 1. The zero-order valence-corrected chi connectivity index (χ0v) is 17.5. The van der Waals surface area contributed by atoms with E-state index >= 15 is 0 Å². The number of ether oxygens (including phenoxy) is 5. The Hall–Kier alpha value is -3.50. The molecule has 0 bridgehead atoms. The summed E-state index contributed by atoms with van der Waals surface area (Å²) in [6.07, 6.45) is 3.67. The van der Waals surface area contributed by atoms with Gasteiger partial charge in [0.15, 0.2) is 17.3 Å². The van der Waals surface area contributed by atoms with Gasteiger partial charge in [-0.05, 0) is 6.07 Å². The number of allylic oxidation sites excluding steroid dienone is 2. The molecule has 1 aliphatic rings. The lowest BCUT2D eigenvalue weighted by molar-refractivity contribution is -0.117. The molecule has 10 heteroatoms. The van der Waals surface area contributed by atoms with Crippen LogP contribution in [0.1, 0.15) is 0 Å². The molecule has 1 aliphatic carbocycles. The number of aromatic nitrogens is 2. The van der Waals surface area contributed by atoms with Gasteiger partial charge in [-0.25, -0.2) is 9.97 Å². The van der Waals surface area contributed by atoms with E-state index in [1.54, 1.807) is 19.2 Å². The van der Waals surface area contributed by atoms with Crippen molar-refractivity contribution in [2.24, 2.45) is 0 Å². The van der Waals surface area contributed by atoms with Gasteiger partial charge in [0.05, 0.1) is 31.5 Å². The van der Waals surface area contributed by atoms with Crippen LogP contribution in [0.2, 0.25) is 0 Å². The molecule has 0 spiro atoms. The maximum absolute atomic E-state index is 12.5. The van der Waals surface area contributed by atoms with E-state index in [9.17, 15) is 9.59 Å². The summed E-state index contributed by atoms with van der Waals surface area (Å²) in [5.41, 5.74) is 0.642. The summed E-state index contributed by atoms with van der Waals surface area (Å²) >= 11 is 0. The van der Waals surface area contributed by atoms with Crippen molar-refractivity contribution in [1.29, 1.82) is 0 Å². The Labute approximate surface area is 178 Å². The third kappa shape index (κ3) is 5.36. The van der Waals surface area contributed by atoms with Crippen molar-refractivity contribution in [3.63, 3.8) is 0 Å². The second kappa shape index (κ2) is 10.5. The number of rotatable bonds is 11. The summed E-state index contributed by atoms with van der Waals surface area (Å²) in [5, 5.41) is 3.50. The van der Waals surface area contributed by atoms with Crippen molar-refractivity contribution < 1.29 is 33.3 Å². The van der Waals surface area contributed by atoms with Crippen LogP contribution in [0.5, 0.6) is 11.5 Å². The van der Waals surface area contributed by atoms with Crippen molar-refractivity contribution in [1.82, 2.24) is 9.97 Å². The number of ketones is 2. The van der Waals surface area contributed by atoms with Crippen LogP contribution in [-0.4, -0.2) is 69.3 Å². The maximum atomic E-state index is 12.5. The smallest absolute Gasteiger partial charge is 0.222 e. The van der Waals surface area contributed by atoms with Crippen LogP contribution in [0.4, 0.5) is 5.82 Å². The molecule has 0 amide bonds. The molecule has 3 rings (SSSR count). The summed E-state index contributed by atoms with van der Waals surface area (Å²) in [4.78, 5) is 33.2. The molecule has 31 heavy (non-hydrogen) atoms. The predicted octanol–water partition coefficient (Wildman–Crippen LogP) is 1.66. The first kappa shape index (κ1) is 22.2. The van der Waals surface area contributed by atoms with Gasteiger partial charge in [0.25, 0.3) is 0 Å². The molecular formula is C21H23N3O7. The lowest BCUT2D eigenvalue weighted by atomic mass is 10.1. The first-order valence-corrected chi connectivity index (χ1v) is 9.42. The largest absolute Gasteiger partial charge is 0.493 e. The van der Waals surface area contributed by atoms with E-state index in [0.29, 0.717) is 48.0 Å². The van der Waals surface area contributed by atoms with Gasteiger partial charge < -0.3 is 29.0 Å². The lowest BCUT2D eigenvalue weighted by Crippen LogP contribution is -2.21. The Bertz CT molecular complexity index is 1030. The fourth-order valence-electron chi connectivity index (χ4n) is 2.79. The average Bonchev–Trinajstić information content (AvgIpc) is 2.77. The second-order valence-electron chi connectivity index (χ2n) is 6.35. The van der Waals surface area contributed by atoms with Crippen molar-refractivity contribution in [2.45, 2.75) is 0 Å². The Morgan fingerprint density at radius 3 is 2.29 bits per heavy atom. The topological polar surface area (TPSA) is 118 Å². The number of nitrogens with zero attached hydrogens (tertiary/aromatic N) is 2. The van der Waals surface area contributed by atoms with Crippen LogP contribution in [0.25, 0.3) is 10.9 Å². The van der Waals surface area contributed by atoms with Gasteiger partial charge in [-0.3, -0.25) is 9.59 Å². The van der Waals surface area contributed by atoms with Crippen molar-refractivity contribution in [3.8, 4) is 11.5 Å². The van der Waals surface area contributed by atoms with Gasteiger partial charge >= 0.3 is 0 Å². The Kier molecular flexibility index (Phi) is 7.52. The molecular weight excluding hydrogens is 406 g/mol. The molecule has 2 aromatic rings. The monoisotopic (exact) mass is 429 g/mol. The zero-order valence-electron chi connectivity index (χ0n) is 17.5. The fraction of sp³-hybridized carbons (Fsp3) is 0.333. The molecule has 1 heterocycles. The maximum Gasteiger partial charge on any atom is 0.222 e. The number of carbonyl (C=O) groups excluding carboxylic acids is 2. The number of fused-ring (bicyclic) bond motifs is 1. The van der Waals surface area contributed by atoms with Crippen LogP contribution in [-0.2, 0) is 23.8 Å². The summed E-state index contributed by atoms with van der Waals surface area (Å²) in [6, 6.07) is 3.41. The van der Waals surface area contributed by atoms with Crippen molar-refractivity contribution in [2.75, 3.05) is 53.1 Å². The van der Waals surface area contributed by atoms with Crippen LogP contribution < -0.4 is 14.8 Å². The third-order valence-electron chi connectivity index (χ3n) is 4.31. The summed E-state index contributed by atoms with van der Waals surface area (Å²) in [5.74, 6) is 0.444. The summed E-state index contributed by atoms with van der Waals surface area (Å²) in [6.45, 7) is 1.24. The minimum Gasteiger partial charge on any atom is -0.493 e. The Morgan fingerprint density at radius 1 is 0.839 bits per heavy atom. The van der Waals surface area contributed by atoms with Crippen molar-refractivity contribution in [3.05, 3.63) is 42.1 Å². The quantitative estimate of drug-likeness (QED) is 0.417. The molecule has 10 nitrogen and oxygen atoms in total. The zero-order chi connectivity index (χ0) is 22.2. The van der Waals surface area contributed by atoms with Gasteiger partial charge in [-0.15, -0.1) is 0 Å². The molecule has 164 valence electrons. The molecule has 0 radical (unpaired) electrons. The van der Waals surface area contributed by atoms with E-state index < -0.39 is 11.6 Å². The number of nitrogens with one attached hydrogen (secondary N) is 1. The Morgan fingerprint density at radius 2 is 1.58 bits per heavy atom. The molecule has 1 N–H and O–H groups in total. The van der Waals surface area contributed by atoms with E-state index in [0.717, 1.165) is 6.08 Å². The predicted molar refractivity (Wildman–Crippen MR) is 111 cm³/mol. The standard InChI is InChI=1S/C21H23N3O7/c1-27-4-6-30-18-11-16(25)15(9-17(18)26)24-21-13-8-19(29-3)20(31-7-5-28-2)10-14(13)22-12-23-21/h8-12H,4-7H2,1-3H3,(H,22,23,24). The van der Waals surface area contributed by atoms with E-state index in [1.165, 1.54) is 26.6 Å². The van der Waals surface area contributed by atoms with Crippen molar-refractivity contribution >= 4 is 28.3 Å². The highest BCUT2D eigenvalue weighted by molar-refractivity contribution is 6.20. The summed E-state index contributed by atoms with van der Waals surface area (Å²) in [7, 11) is 4.62. The minimum absolute atomic E-state index is 0.0281. The van der Waals surface area contributed by atoms with E-state index in [1.807, 2.05) is 0 Å². The van der Waals surface area contributed by atoms with Crippen LogP contribution in [0.15, 0.2) is 42.1 Å². The molecule has 1 aromatic heterocycles. The molecule has 0 fully saturated rings. The highest BCUT2D eigenvalue weighted by Gasteiger charge is 2.23. The molecule has 0 saturated carbocycles. The number of hydrogen-bond donors (Lipinski definition) is 1. The molecule has 0 aliphatic heterocycles. The lowest BCUT2D eigenvalue weighted by Gasteiger charge is -2.16. The number of hydrogen-bond acceptors (Lipinski definition) is 10. The van der Waals surface area contributed by atoms with E-state index in [2.05, 4.69) is 15.3 Å². The third-order valence-corrected chi connectivity index (χ3v) is 4.31. The average molecular weight is 429 g/mol. The first-order valence-electron chi connectivity index (χ1n) is 9.42. The van der Waals surface area contributed by atoms with Gasteiger partial charge in [-0.1, -0.05) is 0 Å². The van der Waals surface area contributed by atoms with E-state index in [4.69, 9.17) is 23.7 Å². The normalized spacial score (nSPS) is 13.6. The highest BCUT2D eigenvalue weighted by atomic mass is 16.5. The Balaban J connectivity index is 1.84. The summed E-state index contributed by atoms with van der Waals surface area (Å²) < 4.78 is 26.2. The van der Waals surface area contributed by atoms with Gasteiger partial charge in [0.2, 0.25) is 11.6 Å². The first-order chi connectivity index (χ1) is 15.1.